The first-order valence-corrected chi connectivity index (χ1v) is 14.0. The second-order valence-electron chi connectivity index (χ2n) is 10.8. The van der Waals surface area contributed by atoms with Crippen LogP contribution in [0, 0.1) is 0 Å². The van der Waals surface area contributed by atoms with Crippen molar-refractivity contribution in [3.8, 4) is 28.6 Å². The number of nitrogens with one attached hydrogen (secondary N) is 1. The highest BCUT2D eigenvalue weighted by Gasteiger charge is 2.25. The molecular weight excluding hydrogens is 510 g/mol. The summed E-state index contributed by atoms with van der Waals surface area (Å²) in [4.78, 5) is 20.3. The lowest BCUT2D eigenvalue weighted by molar-refractivity contribution is 0.0928. The van der Waals surface area contributed by atoms with Gasteiger partial charge >= 0.3 is 0 Å². The van der Waals surface area contributed by atoms with Crippen LogP contribution < -0.4 is 10.2 Å². The quantitative estimate of drug-likeness (QED) is 0.389. The highest BCUT2D eigenvalue weighted by molar-refractivity contribution is 5.92. The molecule has 3 heterocycles. The van der Waals surface area contributed by atoms with Gasteiger partial charge in [-0.3, -0.25) is 14.3 Å². The van der Waals surface area contributed by atoms with E-state index in [9.17, 15) is 15.0 Å². The number of piperazine rings is 1. The van der Waals surface area contributed by atoms with E-state index in [-0.39, 0.29) is 29.1 Å². The van der Waals surface area contributed by atoms with Crippen molar-refractivity contribution >= 4 is 11.6 Å². The van der Waals surface area contributed by atoms with Crippen molar-refractivity contribution in [1.29, 1.82) is 0 Å². The van der Waals surface area contributed by atoms with E-state index < -0.39 is 0 Å². The molecule has 3 N–H and O–H groups in total. The van der Waals surface area contributed by atoms with Gasteiger partial charge in [0.05, 0.1) is 18.8 Å². The number of amides is 1. The number of hydrogen-bond donors (Lipinski definition) is 3. The molecule has 0 bridgehead atoms. The lowest BCUT2D eigenvalue weighted by atomic mass is 9.98. The molecule has 1 aromatic heterocycles. The van der Waals surface area contributed by atoms with Gasteiger partial charge in [-0.15, -0.1) is 10.2 Å². The number of morpholine rings is 1. The molecule has 11 nitrogen and oxygen atoms in total. The van der Waals surface area contributed by atoms with Gasteiger partial charge in [0.1, 0.15) is 11.5 Å². The molecule has 0 spiro atoms. The number of aromatic nitrogens is 3. The highest BCUT2D eigenvalue weighted by atomic mass is 16.5. The van der Waals surface area contributed by atoms with Crippen LogP contribution in [-0.2, 0) is 4.74 Å². The van der Waals surface area contributed by atoms with E-state index in [1.165, 1.54) is 6.07 Å². The fourth-order valence-corrected chi connectivity index (χ4v) is 5.20. The summed E-state index contributed by atoms with van der Waals surface area (Å²) in [6.45, 7) is 12.2. The zero-order chi connectivity index (χ0) is 28.2. The van der Waals surface area contributed by atoms with Crippen LogP contribution in [0.15, 0.2) is 36.4 Å². The van der Waals surface area contributed by atoms with Gasteiger partial charge in [0.2, 0.25) is 5.82 Å². The Morgan fingerprint density at radius 1 is 0.950 bits per heavy atom. The monoisotopic (exact) mass is 549 g/mol. The molecule has 2 fully saturated rings. The Labute approximate surface area is 235 Å². The molecule has 214 valence electrons. The van der Waals surface area contributed by atoms with Crippen molar-refractivity contribution in [2.45, 2.75) is 19.8 Å². The number of ether oxygens (including phenoxy) is 1. The molecule has 40 heavy (non-hydrogen) atoms. The van der Waals surface area contributed by atoms with Gasteiger partial charge < -0.3 is 30.1 Å². The number of benzene rings is 2. The number of anilines is 1. The summed E-state index contributed by atoms with van der Waals surface area (Å²) in [6.07, 6.45) is 0. The van der Waals surface area contributed by atoms with Crippen LogP contribution in [0.3, 0.4) is 0 Å². The lowest BCUT2D eigenvalue weighted by Crippen LogP contribution is -2.47. The van der Waals surface area contributed by atoms with Crippen LogP contribution in [0.1, 0.15) is 35.9 Å². The third-order valence-corrected chi connectivity index (χ3v) is 7.67. The number of carbonyl (C=O) groups is 1. The van der Waals surface area contributed by atoms with E-state index >= 15 is 0 Å². The van der Waals surface area contributed by atoms with Crippen molar-refractivity contribution < 1.29 is 19.7 Å². The van der Waals surface area contributed by atoms with Gasteiger partial charge in [-0.2, -0.15) is 0 Å². The van der Waals surface area contributed by atoms with Crippen LogP contribution in [0.2, 0.25) is 0 Å². The Morgan fingerprint density at radius 3 is 2.30 bits per heavy atom. The van der Waals surface area contributed by atoms with Crippen LogP contribution in [-0.4, -0.2) is 113 Å². The average Bonchev–Trinajstić information content (AvgIpc) is 3.39. The molecule has 1 amide bonds. The molecule has 11 heteroatoms. The maximum atomic E-state index is 13.4. The second kappa shape index (κ2) is 12.2. The topological polar surface area (TPSA) is 119 Å². The largest absolute Gasteiger partial charge is 0.508 e. The lowest BCUT2D eigenvalue weighted by Gasteiger charge is -2.32. The summed E-state index contributed by atoms with van der Waals surface area (Å²) in [6, 6.07) is 10.9. The Balaban J connectivity index is 1.46. The molecule has 5 rings (SSSR count). The van der Waals surface area contributed by atoms with Crippen molar-refractivity contribution in [1.82, 2.24) is 29.9 Å². The zero-order valence-electron chi connectivity index (χ0n) is 23.5. The Hall–Kier alpha value is -3.67. The summed E-state index contributed by atoms with van der Waals surface area (Å²) in [7, 11) is 2.12. The number of hydrogen-bond acceptors (Lipinski definition) is 9. The van der Waals surface area contributed by atoms with E-state index in [0.717, 1.165) is 51.5 Å². The Kier molecular flexibility index (Phi) is 8.53. The molecule has 2 aliphatic heterocycles. The minimum atomic E-state index is -0.340. The van der Waals surface area contributed by atoms with E-state index in [4.69, 9.17) is 4.74 Å². The molecule has 0 aliphatic carbocycles. The van der Waals surface area contributed by atoms with Gasteiger partial charge in [-0.25, -0.2) is 0 Å². The van der Waals surface area contributed by atoms with Gasteiger partial charge in [-0.1, -0.05) is 13.8 Å². The maximum Gasteiger partial charge on any atom is 0.289 e. The first-order valence-electron chi connectivity index (χ1n) is 14.0. The van der Waals surface area contributed by atoms with E-state index in [0.29, 0.717) is 42.4 Å². The van der Waals surface area contributed by atoms with Crippen molar-refractivity contribution in [2.75, 3.05) is 77.5 Å². The number of rotatable bonds is 8. The summed E-state index contributed by atoms with van der Waals surface area (Å²) < 4.78 is 7.15. The third kappa shape index (κ3) is 6.06. The molecular formula is C29H39N7O4. The van der Waals surface area contributed by atoms with Crippen LogP contribution >= 0.6 is 0 Å². The van der Waals surface area contributed by atoms with Crippen molar-refractivity contribution in [2.24, 2.45) is 0 Å². The molecule has 0 saturated carbocycles. The first-order chi connectivity index (χ1) is 19.3. The van der Waals surface area contributed by atoms with E-state index in [1.54, 1.807) is 10.6 Å². The summed E-state index contributed by atoms with van der Waals surface area (Å²) >= 11 is 0. The van der Waals surface area contributed by atoms with E-state index in [1.807, 2.05) is 38.1 Å². The maximum absolute atomic E-state index is 13.4. The predicted octanol–water partition coefficient (Wildman–Crippen LogP) is 2.28. The number of likely N-dealkylation sites (N-methyl/N-ethyl adjacent to an activating group) is 1. The van der Waals surface area contributed by atoms with Gasteiger partial charge in [0, 0.05) is 69.8 Å². The third-order valence-electron chi connectivity index (χ3n) is 7.67. The summed E-state index contributed by atoms with van der Waals surface area (Å²) in [5, 5.41) is 32.9. The van der Waals surface area contributed by atoms with Crippen molar-refractivity contribution in [3.63, 3.8) is 0 Å². The van der Waals surface area contributed by atoms with Crippen LogP contribution in [0.25, 0.3) is 17.1 Å². The van der Waals surface area contributed by atoms with E-state index in [2.05, 4.69) is 37.3 Å². The standard InChI is InChI=1S/C29H39N7O4/c1-20(2)23-18-24(26(38)19-25(23)37)27-31-32-28(29(39)30-8-9-34-12-10-33(3)11-13-34)36(27)22-6-4-21(5-7-22)35-14-16-40-17-15-35/h4-7,18-20,37-38H,8-17H2,1-3H3,(H,30,39). The van der Waals surface area contributed by atoms with Crippen molar-refractivity contribution in [3.05, 3.63) is 47.8 Å². The smallest absolute Gasteiger partial charge is 0.289 e. The first kappa shape index (κ1) is 27.9. The summed E-state index contributed by atoms with van der Waals surface area (Å²) in [5.74, 6) is 0.00346. The summed E-state index contributed by atoms with van der Waals surface area (Å²) in [5.41, 5.74) is 2.82. The Morgan fingerprint density at radius 2 is 1.62 bits per heavy atom. The van der Waals surface area contributed by atoms with Gasteiger partial charge in [0.25, 0.3) is 5.91 Å². The SMILES string of the molecule is CC(C)c1cc(-c2nnc(C(=O)NCCN3CCN(C)CC3)n2-c2ccc(N3CCOCC3)cc2)c(O)cc1O. The minimum absolute atomic E-state index is 0.0130. The van der Waals surface area contributed by atoms with Crippen LogP contribution in [0.5, 0.6) is 11.5 Å². The fraction of sp³-hybridized carbons (Fsp3) is 0.483. The normalized spacial score (nSPS) is 16.9. The number of carbonyl (C=O) groups excluding carboxylic acids is 1. The second-order valence-corrected chi connectivity index (χ2v) is 10.8. The fourth-order valence-electron chi connectivity index (χ4n) is 5.20. The molecule has 3 aromatic rings. The predicted molar refractivity (Wildman–Crippen MR) is 154 cm³/mol. The zero-order valence-corrected chi connectivity index (χ0v) is 23.5. The molecule has 2 aromatic carbocycles. The van der Waals surface area contributed by atoms with Gasteiger partial charge in [0.15, 0.2) is 5.82 Å². The molecule has 2 aliphatic rings. The number of aromatic hydroxyl groups is 2. The number of phenols is 2. The minimum Gasteiger partial charge on any atom is -0.508 e. The van der Waals surface area contributed by atoms with Gasteiger partial charge in [-0.05, 0) is 48.9 Å². The Bertz CT molecular complexity index is 1310. The molecule has 2 saturated heterocycles. The molecule has 0 atom stereocenters. The average molecular weight is 550 g/mol. The number of nitrogens with zero attached hydrogens (tertiary/aromatic N) is 6. The molecule has 0 unspecified atom stereocenters. The highest BCUT2D eigenvalue weighted by Crippen LogP contribution is 2.38. The van der Waals surface area contributed by atoms with Crippen LogP contribution in [0.4, 0.5) is 5.69 Å². The number of phenolic OH excluding ortho intramolecular Hbond substituents is 2. The molecule has 0 radical (unpaired) electrons.